The summed E-state index contributed by atoms with van der Waals surface area (Å²) in [5.41, 5.74) is 0. The van der Waals surface area contributed by atoms with Crippen LogP contribution in [0.1, 0.15) is 13.3 Å². The summed E-state index contributed by atoms with van der Waals surface area (Å²) in [4.78, 5) is 10.8. The summed E-state index contributed by atoms with van der Waals surface area (Å²) < 4.78 is 0. The number of carbonyl (C=O) groups is 1. The first-order chi connectivity index (χ1) is 5.15. The van der Waals surface area contributed by atoms with Crippen LogP contribution in [0, 0.1) is 5.92 Å². The number of aliphatic hydroxyl groups excluding tert-OH is 2. The van der Waals surface area contributed by atoms with Gasteiger partial charge in [0.2, 0.25) is 5.91 Å². The minimum atomic E-state index is -0.949. The van der Waals surface area contributed by atoms with Crippen LogP contribution in [-0.4, -0.2) is 34.9 Å². The maximum Gasteiger partial charge on any atom is 0.248 e. The molecule has 1 fully saturated rings. The molecular weight excluding hydrogens is 146 g/mol. The molecule has 0 heterocycles. The first-order valence-corrected chi connectivity index (χ1v) is 3.74. The molecule has 64 valence electrons. The highest BCUT2D eigenvalue weighted by Crippen LogP contribution is 2.29. The number of hydrogen-bond acceptors (Lipinski definition) is 3. The summed E-state index contributed by atoms with van der Waals surface area (Å²) in [7, 11) is 0. The molecule has 0 aromatic carbocycles. The predicted molar refractivity (Wildman–Crippen MR) is 38.8 cm³/mol. The van der Waals surface area contributed by atoms with Crippen LogP contribution in [-0.2, 0) is 4.79 Å². The van der Waals surface area contributed by atoms with Crippen molar-refractivity contribution in [1.82, 2.24) is 5.32 Å². The molecule has 11 heavy (non-hydrogen) atoms. The van der Waals surface area contributed by atoms with E-state index in [4.69, 9.17) is 10.2 Å². The summed E-state index contributed by atoms with van der Waals surface area (Å²) >= 11 is 0. The Morgan fingerprint density at radius 3 is 2.82 bits per heavy atom. The third-order valence-corrected chi connectivity index (χ3v) is 1.86. The van der Waals surface area contributed by atoms with E-state index in [0.29, 0.717) is 0 Å². The smallest absolute Gasteiger partial charge is 0.248 e. The largest absolute Gasteiger partial charge is 0.396 e. The Morgan fingerprint density at radius 2 is 2.45 bits per heavy atom. The molecular formula is C7H13NO3. The van der Waals surface area contributed by atoms with Crippen LogP contribution in [0.3, 0.4) is 0 Å². The molecule has 0 spiro atoms. The zero-order valence-electron chi connectivity index (χ0n) is 6.45. The van der Waals surface area contributed by atoms with Gasteiger partial charge in [-0.05, 0) is 13.3 Å². The fourth-order valence-electron chi connectivity index (χ4n) is 0.929. The topological polar surface area (TPSA) is 69.6 Å². The van der Waals surface area contributed by atoms with Crippen LogP contribution in [0.4, 0.5) is 0 Å². The summed E-state index contributed by atoms with van der Waals surface area (Å²) in [5.74, 6) is -0.149. The second kappa shape index (κ2) is 3.19. The molecule has 3 unspecified atom stereocenters. The van der Waals surface area contributed by atoms with Gasteiger partial charge in [0, 0.05) is 18.6 Å². The Labute approximate surface area is 65.2 Å². The third-order valence-electron chi connectivity index (χ3n) is 1.86. The van der Waals surface area contributed by atoms with E-state index < -0.39 is 6.10 Å². The van der Waals surface area contributed by atoms with Crippen molar-refractivity contribution in [1.29, 1.82) is 0 Å². The maximum absolute atomic E-state index is 10.8. The fraction of sp³-hybridized carbons (Fsp3) is 0.857. The van der Waals surface area contributed by atoms with Gasteiger partial charge in [-0.3, -0.25) is 4.79 Å². The Kier molecular flexibility index (Phi) is 2.46. The van der Waals surface area contributed by atoms with Crippen molar-refractivity contribution >= 4 is 5.91 Å². The number of nitrogens with one attached hydrogen (secondary N) is 1. The second-order valence-electron chi connectivity index (χ2n) is 2.97. The summed E-state index contributed by atoms with van der Waals surface area (Å²) in [5, 5.41) is 20.0. The minimum absolute atomic E-state index is 0.0853. The van der Waals surface area contributed by atoms with Gasteiger partial charge < -0.3 is 15.5 Å². The quantitative estimate of drug-likeness (QED) is 0.487. The third kappa shape index (κ3) is 2.17. The van der Waals surface area contributed by atoms with Gasteiger partial charge in [-0.1, -0.05) is 0 Å². The fourth-order valence-corrected chi connectivity index (χ4v) is 0.929. The molecule has 0 aromatic heterocycles. The van der Waals surface area contributed by atoms with Gasteiger partial charge in [-0.15, -0.1) is 0 Å². The molecule has 4 heteroatoms. The van der Waals surface area contributed by atoms with Crippen LogP contribution in [0.15, 0.2) is 0 Å². The van der Waals surface area contributed by atoms with Gasteiger partial charge in [0.1, 0.15) is 6.10 Å². The SMILES string of the molecule is CC(O)C(=O)NC1CC1CO. The summed E-state index contributed by atoms with van der Waals surface area (Å²) in [6, 6.07) is 0.0853. The lowest BCUT2D eigenvalue weighted by Gasteiger charge is -2.04. The first-order valence-electron chi connectivity index (χ1n) is 3.74. The van der Waals surface area contributed by atoms with Crippen molar-refractivity contribution in [2.45, 2.75) is 25.5 Å². The highest BCUT2D eigenvalue weighted by molar-refractivity contribution is 5.80. The number of hydrogen-bond donors (Lipinski definition) is 3. The normalized spacial score (nSPS) is 31.2. The van der Waals surface area contributed by atoms with Crippen LogP contribution in [0.25, 0.3) is 0 Å². The van der Waals surface area contributed by atoms with Crippen molar-refractivity contribution in [3.05, 3.63) is 0 Å². The standard InChI is InChI=1S/C7H13NO3/c1-4(10)7(11)8-6-2-5(6)3-9/h4-6,9-10H,2-3H2,1H3,(H,8,11). The molecule has 0 radical (unpaired) electrons. The molecule has 0 saturated heterocycles. The van der Waals surface area contributed by atoms with E-state index in [2.05, 4.69) is 5.32 Å². The van der Waals surface area contributed by atoms with E-state index in [9.17, 15) is 4.79 Å². The van der Waals surface area contributed by atoms with Crippen molar-refractivity contribution in [2.24, 2.45) is 5.92 Å². The summed E-state index contributed by atoms with van der Waals surface area (Å²) in [6.45, 7) is 1.54. The zero-order valence-corrected chi connectivity index (χ0v) is 6.45. The molecule has 0 bridgehead atoms. The maximum atomic E-state index is 10.8. The van der Waals surface area contributed by atoms with E-state index >= 15 is 0 Å². The molecule has 1 rings (SSSR count). The van der Waals surface area contributed by atoms with Crippen molar-refractivity contribution in [3.63, 3.8) is 0 Å². The monoisotopic (exact) mass is 159 g/mol. The lowest BCUT2D eigenvalue weighted by molar-refractivity contribution is -0.128. The number of amides is 1. The van der Waals surface area contributed by atoms with E-state index in [-0.39, 0.29) is 24.5 Å². The Bertz CT molecular complexity index is 158. The van der Waals surface area contributed by atoms with Crippen LogP contribution in [0.2, 0.25) is 0 Å². The number of aliphatic hydroxyl groups is 2. The molecule has 1 aliphatic rings. The van der Waals surface area contributed by atoms with Gasteiger partial charge >= 0.3 is 0 Å². The zero-order chi connectivity index (χ0) is 8.43. The molecule has 3 atom stereocenters. The molecule has 1 amide bonds. The highest BCUT2D eigenvalue weighted by Gasteiger charge is 2.37. The van der Waals surface area contributed by atoms with Crippen LogP contribution in [0.5, 0.6) is 0 Å². The van der Waals surface area contributed by atoms with Crippen molar-refractivity contribution < 1.29 is 15.0 Å². The number of carbonyl (C=O) groups excluding carboxylic acids is 1. The number of rotatable bonds is 3. The Hall–Kier alpha value is -0.610. The molecule has 0 aromatic rings. The molecule has 1 aliphatic carbocycles. The van der Waals surface area contributed by atoms with E-state index in [1.807, 2.05) is 0 Å². The average molecular weight is 159 g/mol. The molecule has 0 aliphatic heterocycles. The van der Waals surface area contributed by atoms with Crippen LogP contribution < -0.4 is 5.32 Å². The van der Waals surface area contributed by atoms with Gasteiger partial charge in [-0.2, -0.15) is 0 Å². The minimum Gasteiger partial charge on any atom is -0.396 e. The lowest BCUT2D eigenvalue weighted by Crippen LogP contribution is -2.35. The van der Waals surface area contributed by atoms with E-state index in [1.54, 1.807) is 0 Å². The Balaban J connectivity index is 2.18. The Morgan fingerprint density at radius 1 is 1.82 bits per heavy atom. The van der Waals surface area contributed by atoms with Gasteiger partial charge in [-0.25, -0.2) is 0 Å². The van der Waals surface area contributed by atoms with Crippen LogP contribution >= 0.6 is 0 Å². The average Bonchev–Trinajstić information content (AvgIpc) is 2.67. The van der Waals surface area contributed by atoms with Gasteiger partial charge in [0.25, 0.3) is 0 Å². The van der Waals surface area contributed by atoms with E-state index in [1.165, 1.54) is 6.92 Å². The summed E-state index contributed by atoms with van der Waals surface area (Å²) in [6.07, 6.45) is -0.121. The predicted octanol–water partition coefficient (Wildman–Crippen LogP) is -1.14. The van der Waals surface area contributed by atoms with Gasteiger partial charge in [0.05, 0.1) is 0 Å². The van der Waals surface area contributed by atoms with E-state index in [0.717, 1.165) is 6.42 Å². The van der Waals surface area contributed by atoms with Gasteiger partial charge in [0.15, 0.2) is 0 Å². The second-order valence-corrected chi connectivity index (χ2v) is 2.97. The van der Waals surface area contributed by atoms with Crippen molar-refractivity contribution in [3.8, 4) is 0 Å². The molecule has 3 N–H and O–H groups in total. The highest BCUT2D eigenvalue weighted by atomic mass is 16.3. The molecule has 4 nitrogen and oxygen atoms in total. The molecule has 1 saturated carbocycles. The first kappa shape index (κ1) is 8.49. The lowest BCUT2D eigenvalue weighted by atomic mass is 10.3. The van der Waals surface area contributed by atoms with Crippen molar-refractivity contribution in [2.75, 3.05) is 6.61 Å².